The van der Waals surface area contributed by atoms with E-state index in [0.717, 1.165) is 11.6 Å². The molecular weight excluding hydrogens is 152 g/mol. The molecule has 1 aliphatic heterocycles. The molecular formula is C5H10N2O2S. The molecule has 1 aliphatic rings. The molecule has 0 radical (unpaired) electrons. The predicted molar refractivity (Wildman–Crippen MR) is 39.4 cm³/mol. The Bertz CT molecular complexity index is 125. The summed E-state index contributed by atoms with van der Waals surface area (Å²) in [5.74, 6) is 1.59. The van der Waals surface area contributed by atoms with E-state index in [1.807, 2.05) is 0 Å². The number of hydrogen-bond donors (Lipinski definition) is 2. The lowest BCUT2D eigenvalue weighted by Gasteiger charge is -2.06. The molecule has 0 spiro atoms. The van der Waals surface area contributed by atoms with Crippen molar-refractivity contribution < 1.29 is 9.63 Å². The number of hydroxylamine groups is 1. The zero-order chi connectivity index (χ0) is 7.40. The normalized spacial score (nSPS) is 24.7. The van der Waals surface area contributed by atoms with E-state index in [1.54, 1.807) is 11.8 Å². The van der Waals surface area contributed by atoms with E-state index in [4.69, 9.17) is 0 Å². The largest absolute Gasteiger partial charge is 0.296 e. The van der Waals surface area contributed by atoms with Crippen LogP contribution >= 0.6 is 11.8 Å². The molecule has 2 N–H and O–H groups in total. The van der Waals surface area contributed by atoms with Crippen LogP contribution in [0.1, 0.15) is 0 Å². The predicted octanol–water partition coefficient (Wildman–Crippen LogP) is -0.674. The van der Waals surface area contributed by atoms with Gasteiger partial charge in [-0.05, 0) is 0 Å². The van der Waals surface area contributed by atoms with Gasteiger partial charge in [-0.1, -0.05) is 0 Å². The van der Waals surface area contributed by atoms with Crippen molar-refractivity contribution in [3.05, 3.63) is 0 Å². The average molecular weight is 162 g/mol. The molecule has 0 aromatic heterocycles. The topological polar surface area (TPSA) is 50.4 Å². The van der Waals surface area contributed by atoms with Gasteiger partial charge in [-0.15, -0.1) is 11.8 Å². The van der Waals surface area contributed by atoms with E-state index in [0.29, 0.717) is 0 Å². The third-order valence-corrected chi connectivity index (χ3v) is 2.18. The molecule has 1 heterocycles. The fourth-order valence-corrected chi connectivity index (χ4v) is 1.68. The van der Waals surface area contributed by atoms with E-state index >= 15 is 0 Å². The maximum Gasteiger partial charge on any atom is 0.261 e. The molecule has 5 heteroatoms. The maximum absolute atomic E-state index is 10.9. The number of nitrogens with one attached hydrogen (secondary N) is 2. The Hall–Kier alpha value is -0.260. The summed E-state index contributed by atoms with van der Waals surface area (Å²) in [6.45, 7) is 0. The van der Waals surface area contributed by atoms with Gasteiger partial charge in [0.05, 0.1) is 13.2 Å². The highest BCUT2D eigenvalue weighted by atomic mass is 32.2. The van der Waals surface area contributed by atoms with Gasteiger partial charge in [0.25, 0.3) is 5.91 Å². The molecule has 1 rings (SSSR count). The monoisotopic (exact) mass is 162 g/mol. The average Bonchev–Trinajstić information content (AvgIpc) is 2.38. The van der Waals surface area contributed by atoms with Gasteiger partial charge >= 0.3 is 0 Å². The molecule has 1 fully saturated rings. The van der Waals surface area contributed by atoms with Crippen LogP contribution < -0.4 is 10.8 Å². The summed E-state index contributed by atoms with van der Waals surface area (Å²) in [5.41, 5.74) is 2.27. The highest BCUT2D eigenvalue weighted by molar-refractivity contribution is 7.99. The molecule has 1 saturated heterocycles. The van der Waals surface area contributed by atoms with Crippen LogP contribution in [0.3, 0.4) is 0 Å². The van der Waals surface area contributed by atoms with Gasteiger partial charge < -0.3 is 0 Å². The number of hydrogen-bond acceptors (Lipinski definition) is 4. The van der Waals surface area contributed by atoms with Gasteiger partial charge in [0.2, 0.25) is 0 Å². The molecule has 1 unspecified atom stereocenters. The molecule has 0 aromatic carbocycles. The van der Waals surface area contributed by atoms with E-state index in [2.05, 4.69) is 15.6 Å². The van der Waals surface area contributed by atoms with E-state index in [1.165, 1.54) is 7.11 Å². The summed E-state index contributed by atoms with van der Waals surface area (Å²) in [4.78, 5) is 15.4. The van der Waals surface area contributed by atoms with Crippen LogP contribution in [0.15, 0.2) is 0 Å². The Morgan fingerprint density at radius 1 is 1.90 bits per heavy atom. The van der Waals surface area contributed by atoms with Crippen LogP contribution in [0.25, 0.3) is 0 Å². The van der Waals surface area contributed by atoms with Crippen molar-refractivity contribution in [1.29, 1.82) is 0 Å². The van der Waals surface area contributed by atoms with Crippen molar-refractivity contribution in [3.63, 3.8) is 0 Å². The lowest BCUT2D eigenvalue weighted by atomic mass is 10.3. The fraction of sp³-hybridized carbons (Fsp3) is 0.800. The molecule has 0 aliphatic carbocycles. The Morgan fingerprint density at radius 2 is 2.70 bits per heavy atom. The minimum absolute atomic E-state index is 0.0788. The Kier molecular flexibility index (Phi) is 2.98. The van der Waals surface area contributed by atoms with Gasteiger partial charge in [-0.2, -0.15) is 0 Å². The van der Waals surface area contributed by atoms with Gasteiger partial charge in [0.15, 0.2) is 0 Å². The van der Waals surface area contributed by atoms with E-state index in [9.17, 15) is 4.79 Å². The van der Waals surface area contributed by atoms with Crippen LogP contribution in [0.5, 0.6) is 0 Å². The maximum atomic E-state index is 10.9. The molecule has 4 nitrogen and oxygen atoms in total. The van der Waals surface area contributed by atoms with E-state index in [-0.39, 0.29) is 11.9 Å². The molecule has 0 aromatic rings. The smallest absolute Gasteiger partial charge is 0.261 e. The third kappa shape index (κ3) is 1.86. The standard InChI is InChI=1S/C5H10N2O2S/c1-9-7-5(8)4-2-10-3-6-4/h4,6H,2-3H2,1H3,(H,7,8). The lowest BCUT2D eigenvalue weighted by molar-refractivity contribution is -0.132. The first-order valence-corrected chi connectivity index (χ1v) is 4.14. The lowest BCUT2D eigenvalue weighted by Crippen LogP contribution is -2.41. The SMILES string of the molecule is CONC(=O)C1CSCN1. The van der Waals surface area contributed by atoms with Crippen molar-refractivity contribution in [3.8, 4) is 0 Å². The number of amides is 1. The fourth-order valence-electron chi connectivity index (χ4n) is 0.735. The summed E-state index contributed by atoms with van der Waals surface area (Å²) in [7, 11) is 1.43. The number of rotatable bonds is 2. The molecule has 10 heavy (non-hydrogen) atoms. The van der Waals surface area contributed by atoms with Crippen molar-refractivity contribution in [1.82, 2.24) is 10.8 Å². The zero-order valence-electron chi connectivity index (χ0n) is 5.72. The highest BCUT2D eigenvalue weighted by Gasteiger charge is 2.21. The first-order chi connectivity index (χ1) is 4.84. The van der Waals surface area contributed by atoms with Crippen molar-refractivity contribution >= 4 is 17.7 Å². The summed E-state index contributed by atoms with van der Waals surface area (Å²) < 4.78 is 0. The van der Waals surface area contributed by atoms with Crippen LogP contribution in [0.2, 0.25) is 0 Å². The van der Waals surface area contributed by atoms with Gasteiger partial charge in [0.1, 0.15) is 0 Å². The minimum atomic E-state index is -0.0903. The number of carbonyl (C=O) groups excluding carboxylic acids is 1. The molecule has 1 amide bonds. The van der Waals surface area contributed by atoms with Gasteiger partial charge in [-0.3, -0.25) is 14.9 Å². The summed E-state index contributed by atoms with van der Waals surface area (Å²) in [5, 5.41) is 3.01. The third-order valence-electron chi connectivity index (χ3n) is 1.24. The van der Waals surface area contributed by atoms with Crippen molar-refractivity contribution in [2.45, 2.75) is 6.04 Å². The van der Waals surface area contributed by atoms with Crippen LogP contribution in [0, 0.1) is 0 Å². The summed E-state index contributed by atoms with van der Waals surface area (Å²) >= 11 is 1.71. The highest BCUT2D eigenvalue weighted by Crippen LogP contribution is 2.08. The summed E-state index contributed by atoms with van der Waals surface area (Å²) in [6.07, 6.45) is 0. The Balaban J connectivity index is 2.25. The molecule has 58 valence electrons. The molecule has 1 atom stereocenters. The quantitative estimate of drug-likeness (QED) is 0.529. The van der Waals surface area contributed by atoms with Crippen LogP contribution in [-0.4, -0.2) is 30.7 Å². The zero-order valence-corrected chi connectivity index (χ0v) is 6.53. The van der Waals surface area contributed by atoms with Crippen LogP contribution in [-0.2, 0) is 9.63 Å². The second kappa shape index (κ2) is 3.80. The van der Waals surface area contributed by atoms with Crippen molar-refractivity contribution in [2.24, 2.45) is 0 Å². The first-order valence-electron chi connectivity index (χ1n) is 2.98. The van der Waals surface area contributed by atoms with Gasteiger partial charge in [-0.25, -0.2) is 5.48 Å². The Morgan fingerprint density at radius 3 is 3.20 bits per heavy atom. The first kappa shape index (κ1) is 7.84. The van der Waals surface area contributed by atoms with Crippen LogP contribution in [0.4, 0.5) is 0 Å². The summed E-state index contributed by atoms with van der Waals surface area (Å²) in [6, 6.07) is -0.0788. The van der Waals surface area contributed by atoms with Gasteiger partial charge in [0, 0.05) is 11.6 Å². The second-order valence-corrected chi connectivity index (χ2v) is 2.97. The molecule has 0 saturated carbocycles. The molecule has 0 bridgehead atoms. The van der Waals surface area contributed by atoms with E-state index < -0.39 is 0 Å². The minimum Gasteiger partial charge on any atom is -0.296 e. The van der Waals surface area contributed by atoms with Crippen molar-refractivity contribution in [2.75, 3.05) is 18.7 Å². The number of thioether (sulfide) groups is 1. The number of carbonyl (C=O) groups is 1. The Labute approximate surface area is 63.6 Å². The second-order valence-electron chi connectivity index (χ2n) is 1.94.